The highest BCUT2D eigenvalue weighted by atomic mass is 16.6. The van der Waals surface area contributed by atoms with Gasteiger partial charge in [-0.25, -0.2) is 9.69 Å². The van der Waals surface area contributed by atoms with E-state index in [-0.39, 0.29) is 29.7 Å². The fraction of sp³-hybridized carbons (Fsp3) is 0.529. The third-order valence-corrected chi connectivity index (χ3v) is 4.09. The summed E-state index contributed by atoms with van der Waals surface area (Å²) >= 11 is 0. The number of ether oxygens (including phenoxy) is 1. The minimum Gasteiger partial charge on any atom is -0.447 e. The van der Waals surface area contributed by atoms with E-state index in [1.54, 1.807) is 0 Å². The molecule has 1 aliphatic heterocycles. The summed E-state index contributed by atoms with van der Waals surface area (Å²) in [6.07, 6.45) is -0.224. The number of hydrogen-bond acceptors (Lipinski definition) is 3. The molecule has 0 N–H and O–H groups in total. The molecule has 1 heterocycles. The summed E-state index contributed by atoms with van der Waals surface area (Å²) in [4.78, 5) is 25.7. The van der Waals surface area contributed by atoms with E-state index in [2.05, 4.69) is 0 Å². The highest BCUT2D eigenvalue weighted by molar-refractivity contribution is 5.94. The number of cyclic esters (lactones) is 1. The molecule has 0 saturated carbocycles. The van der Waals surface area contributed by atoms with E-state index in [1.807, 2.05) is 58.0 Å². The molecular formula is C17H23NO3. The summed E-state index contributed by atoms with van der Waals surface area (Å²) in [5.41, 5.74) is 0.773. The Morgan fingerprint density at radius 1 is 1.33 bits per heavy atom. The van der Waals surface area contributed by atoms with Gasteiger partial charge < -0.3 is 4.74 Å². The van der Waals surface area contributed by atoms with Crippen LogP contribution in [0.3, 0.4) is 0 Å². The molecule has 4 heteroatoms. The molecule has 2 amide bonds. The molecule has 114 valence electrons. The summed E-state index contributed by atoms with van der Waals surface area (Å²) < 4.78 is 5.05. The molecule has 1 aromatic carbocycles. The number of amides is 2. The van der Waals surface area contributed by atoms with Crippen LogP contribution in [0.5, 0.6) is 0 Å². The lowest BCUT2D eigenvalue weighted by Gasteiger charge is -2.29. The lowest BCUT2D eigenvalue weighted by Crippen LogP contribution is -2.43. The average Bonchev–Trinajstić information content (AvgIpc) is 2.81. The fourth-order valence-corrected chi connectivity index (χ4v) is 2.67. The van der Waals surface area contributed by atoms with Crippen molar-refractivity contribution in [3.63, 3.8) is 0 Å². The van der Waals surface area contributed by atoms with Gasteiger partial charge >= 0.3 is 6.09 Å². The normalized spacial score (nSPS) is 19.0. The Morgan fingerprint density at radius 2 is 1.95 bits per heavy atom. The monoisotopic (exact) mass is 289 g/mol. The maximum Gasteiger partial charge on any atom is 0.416 e. The molecule has 0 aliphatic carbocycles. The van der Waals surface area contributed by atoms with Crippen molar-refractivity contribution < 1.29 is 14.3 Å². The lowest BCUT2D eigenvalue weighted by molar-refractivity contribution is -0.130. The highest BCUT2D eigenvalue weighted by Gasteiger charge is 2.41. The second-order valence-electron chi connectivity index (χ2n) is 6.58. The molecule has 21 heavy (non-hydrogen) atoms. The van der Waals surface area contributed by atoms with Gasteiger partial charge in [-0.2, -0.15) is 0 Å². The van der Waals surface area contributed by atoms with Crippen LogP contribution in [-0.4, -0.2) is 29.5 Å². The molecule has 1 aromatic rings. The molecule has 0 bridgehead atoms. The minimum absolute atomic E-state index is 0.156. The van der Waals surface area contributed by atoms with Crippen molar-refractivity contribution in [2.45, 2.75) is 45.6 Å². The Balaban J connectivity index is 2.15. The molecule has 1 saturated heterocycles. The number of hydrogen-bond donors (Lipinski definition) is 0. The number of nitrogens with zero attached hydrogens (tertiary/aromatic N) is 1. The number of rotatable bonds is 4. The molecule has 1 fully saturated rings. The van der Waals surface area contributed by atoms with Gasteiger partial charge in [-0.05, 0) is 16.9 Å². The SMILES string of the molecule is CC(C)C1COC(=O)N1C(=O)CC(C)(C)c1ccccc1. The van der Waals surface area contributed by atoms with Crippen molar-refractivity contribution in [2.75, 3.05) is 6.61 Å². The third kappa shape index (κ3) is 3.26. The van der Waals surface area contributed by atoms with Crippen LogP contribution in [-0.2, 0) is 14.9 Å². The maximum absolute atomic E-state index is 12.6. The highest BCUT2D eigenvalue weighted by Crippen LogP contribution is 2.30. The van der Waals surface area contributed by atoms with Gasteiger partial charge in [-0.15, -0.1) is 0 Å². The first-order valence-corrected chi connectivity index (χ1v) is 7.37. The average molecular weight is 289 g/mol. The van der Waals surface area contributed by atoms with E-state index in [4.69, 9.17) is 4.74 Å². The van der Waals surface area contributed by atoms with E-state index < -0.39 is 6.09 Å². The van der Waals surface area contributed by atoms with Crippen LogP contribution in [0.2, 0.25) is 0 Å². The molecule has 2 rings (SSSR count). The van der Waals surface area contributed by atoms with E-state index in [1.165, 1.54) is 4.90 Å². The Bertz CT molecular complexity index is 522. The summed E-state index contributed by atoms with van der Waals surface area (Å²) in [6.45, 7) is 8.33. The molecule has 0 aromatic heterocycles. The topological polar surface area (TPSA) is 46.6 Å². The minimum atomic E-state index is -0.512. The van der Waals surface area contributed by atoms with Crippen LogP contribution in [0.4, 0.5) is 4.79 Å². The van der Waals surface area contributed by atoms with Gasteiger partial charge in [-0.1, -0.05) is 58.0 Å². The zero-order chi connectivity index (χ0) is 15.6. The maximum atomic E-state index is 12.6. The van der Waals surface area contributed by atoms with Crippen molar-refractivity contribution in [2.24, 2.45) is 5.92 Å². The van der Waals surface area contributed by atoms with Gasteiger partial charge in [0, 0.05) is 6.42 Å². The molecule has 1 atom stereocenters. The molecule has 1 unspecified atom stereocenters. The quantitative estimate of drug-likeness (QED) is 0.854. The Hall–Kier alpha value is -1.84. The van der Waals surface area contributed by atoms with Crippen molar-refractivity contribution in [1.29, 1.82) is 0 Å². The molecule has 0 spiro atoms. The summed E-state index contributed by atoms with van der Waals surface area (Å²) in [5.74, 6) is 0.0327. The summed E-state index contributed by atoms with van der Waals surface area (Å²) in [5, 5.41) is 0. The van der Waals surface area contributed by atoms with Gasteiger partial charge in [0.05, 0.1) is 6.04 Å². The Morgan fingerprint density at radius 3 is 2.52 bits per heavy atom. The van der Waals surface area contributed by atoms with Crippen LogP contribution >= 0.6 is 0 Å². The largest absolute Gasteiger partial charge is 0.447 e. The van der Waals surface area contributed by atoms with Gasteiger partial charge in [0.2, 0.25) is 5.91 Å². The first-order chi connectivity index (χ1) is 9.83. The standard InChI is InChI=1S/C17H23NO3/c1-12(2)14-11-21-16(20)18(14)15(19)10-17(3,4)13-8-6-5-7-9-13/h5-9,12,14H,10-11H2,1-4H3. The predicted octanol–water partition coefficient (Wildman–Crippen LogP) is 3.36. The Kier molecular flexibility index (Phi) is 4.35. The predicted molar refractivity (Wildman–Crippen MR) is 80.9 cm³/mol. The van der Waals surface area contributed by atoms with Crippen molar-refractivity contribution in [3.8, 4) is 0 Å². The van der Waals surface area contributed by atoms with E-state index in [0.29, 0.717) is 6.61 Å². The molecule has 0 radical (unpaired) electrons. The van der Waals surface area contributed by atoms with E-state index in [9.17, 15) is 9.59 Å². The molecule has 4 nitrogen and oxygen atoms in total. The van der Waals surface area contributed by atoms with Crippen molar-refractivity contribution in [1.82, 2.24) is 4.90 Å². The van der Waals surface area contributed by atoms with Crippen LogP contribution < -0.4 is 0 Å². The number of benzene rings is 1. The zero-order valence-corrected chi connectivity index (χ0v) is 13.1. The van der Waals surface area contributed by atoms with Crippen LogP contribution in [0.15, 0.2) is 30.3 Å². The number of carbonyl (C=O) groups excluding carboxylic acids is 2. The van der Waals surface area contributed by atoms with Gasteiger partial charge in [0.15, 0.2) is 0 Å². The molecular weight excluding hydrogens is 266 g/mol. The zero-order valence-electron chi connectivity index (χ0n) is 13.1. The second kappa shape index (κ2) is 5.88. The van der Waals surface area contributed by atoms with Gasteiger partial charge in [0.1, 0.15) is 6.61 Å². The Labute approximate surface area is 126 Å². The first kappa shape index (κ1) is 15.5. The van der Waals surface area contributed by atoms with Crippen LogP contribution in [0, 0.1) is 5.92 Å². The first-order valence-electron chi connectivity index (χ1n) is 7.37. The number of imide groups is 1. The van der Waals surface area contributed by atoms with Crippen LogP contribution in [0.25, 0.3) is 0 Å². The summed E-state index contributed by atoms with van der Waals surface area (Å²) in [7, 11) is 0. The summed E-state index contributed by atoms with van der Waals surface area (Å²) in [6, 6.07) is 9.74. The molecule has 1 aliphatic rings. The third-order valence-electron chi connectivity index (χ3n) is 4.09. The van der Waals surface area contributed by atoms with Gasteiger partial charge in [-0.3, -0.25) is 4.79 Å². The van der Waals surface area contributed by atoms with Crippen molar-refractivity contribution in [3.05, 3.63) is 35.9 Å². The second-order valence-corrected chi connectivity index (χ2v) is 6.58. The van der Waals surface area contributed by atoms with E-state index >= 15 is 0 Å². The fourth-order valence-electron chi connectivity index (χ4n) is 2.67. The van der Waals surface area contributed by atoms with E-state index in [0.717, 1.165) is 5.56 Å². The van der Waals surface area contributed by atoms with Crippen LogP contribution in [0.1, 0.15) is 39.7 Å². The smallest absolute Gasteiger partial charge is 0.416 e. The van der Waals surface area contributed by atoms with Gasteiger partial charge in [0.25, 0.3) is 0 Å². The lowest BCUT2D eigenvalue weighted by atomic mass is 9.81. The van der Waals surface area contributed by atoms with Crippen molar-refractivity contribution >= 4 is 12.0 Å². The number of carbonyl (C=O) groups is 2.